The van der Waals surface area contributed by atoms with Gasteiger partial charge in [-0.1, -0.05) is 55.4 Å². The Morgan fingerprint density at radius 2 is 0.667 bits per heavy atom. The van der Waals surface area contributed by atoms with E-state index in [-0.39, 0.29) is 20.9 Å². The number of methoxy groups -OCH3 is 4. The van der Waals surface area contributed by atoms with Crippen LogP contribution in [0.1, 0.15) is 106 Å². The number of alkyl halides is 6. The molecule has 0 amide bonds. The fourth-order valence-corrected chi connectivity index (χ4v) is 17.8. The Labute approximate surface area is 478 Å². The van der Waals surface area contributed by atoms with Gasteiger partial charge in [0.05, 0.1) is 79.3 Å². The minimum atomic E-state index is -5.78. The van der Waals surface area contributed by atoms with Crippen molar-refractivity contribution in [2.45, 2.75) is 100 Å². The number of hydrogen-bond acceptors (Lipinski definition) is 14. The van der Waals surface area contributed by atoms with E-state index < -0.39 is 56.0 Å². The number of fused-ring (bicyclic) bond motifs is 4. The highest BCUT2D eigenvalue weighted by Crippen LogP contribution is 2.71. The van der Waals surface area contributed by atoms with Gasteiger partial charge in [-0.2, -0.15) is 26.3 Å². The van der Waals surface area contributed by atoms with E-state index in [9.17, 15) is 0 Å². The molecule has 20 heteroatoms. The van der Waals surface area contributed by atoms with Gasteiger partial charge in [-0.25, -0.2) is 0 Å². The van der Waals surface area contributed by atoms with Gasteiger partial charge in [0.25, 0.3) is 0 Å². The predicted molar refractivity (Wildman–Crippen MR) is 307 cm³/mol. The van der Waals surface area contributed by atoms with Crippen LogP contribution in [0.25, 0.3) is 30.7 Å². The summed E-state index contributed by atoms with van der Waals surface area (Å²) in [6.45, 7) is 20.7. The van der Waals surface area contributed by atoms with E-state index in [1.807, 2.05) is 104 Å². The molecule has 6 aromatic heterocycles. The van der Waals surface area contributed by atoms with Crippen molar-refractivity contribution in [3.8, 4) is 19.5 Å². The molecule has 2 aliphatic rings. The van der Waals surface area contributed by atoms with Crippen LogP contribution in [0.5, 0.6) is 0 Å². The first-order valence-electron chi connectivity index (χ1n) is 25.6. The quantitative estimate of drug-likeness (QED) is 0.0355. The third-order valence-electron chi connectivity index (χ3n) is 14.2. The monoisotopic (exact) mass is 1200 g/mol. The molecule has 6 aromatic rings. The summed E-state index contributed by atoms with van der Waals surface area (Å²) in [5.74, 6) is -16.4. The number of thiophene rings is 6. The maximum atomic E-state index is 17.4. The third kappa shape index (κ3) is 11.4. The predicted octanol–water partition coefficient (Wildman–Crippen LogP) is 15.7. The Hall–Kier alpha value is -2.80. The largest absolute Gasteiger partial charge is 0.382 e. The minimum Gasteiger partial charge on any atom is -0.382 e. The van der Waals surface area contributed by atoms with Crippen molar-refractivity contribution in [1.82, 2.24) is 0 Å². The fourth-order valence-electron chi connectivity index (χ4n) is 9.70. The zero-order valence-corrected chi connectivity index (χ0v) is 51.1. The van der Waals surface area contributed by atoms with Crippen molar-refractivity contribution >= 4 is 79.2 Å². The number of hydrogen-bond donors (Lipinski definition) is 0. The molecule has 0 spiro atoms. The molecule has 0 saturated heterocycles. The normalized spacial score (nSPS) is 16.9. The molecular formula is C58H70F6O8S6. The first-order valence-corrected chi connectivity index (χ1v) is 30.5. The van der Waals surface area contributed by atoms with E-state index in [1.165, 1.54) is 80.2 Å². The van der Waals surface area contributed by atoms with Crippen LogP contribution in [-0.2, 0) is 65.0 Å². The summed E-state index contributed by atoms with van der Waals surface area (Å²) in [4.78, 5) is 7.69. The van der Waals surface area contributed by atoms with E-state index in [4.69, 9.17) is 37.9 Å². The molecule has 0 fully saturated rings. The van der Waals surface area contributed by atoms with Crippen LogP contribution in [0.4, 0.5) is 26.3 Å². The molecule has 0 radical (unpaired) electrons. The van der Waals surface area contributed by atoms with Crippen LogP contribution in [0.3, 0.4) is 0 Å². The lowest BCUT2D eigenvalue weighted by molar-refractivity contribution is -0.254. The van der Waals surface area contributed by atoms with Crippen LogP contribution in [0.15, 0.2) is 60.7 Å². The van der Waals surface area contributed by atoms with Crippen molar-refractivity contribution in [3.05, 3.63) is 111 Å². The van der Waals surface area contributed by atoms with Crippen LogP contribution in [0.2, 0.25) is 0 Å². The average Bonchev–Trinajstić information content (AvgIpc) is 3.78. The first-order chi connectivity index (χ1) is 36.8. The van der Waals surface area contributed by atoms with Gasteiger partial charge in [-0.05, 0) is 60.7 Å². The van der Waals surface area contributed by atoms with Crippen molar-refractivity contribution in [3.63, 3.8) is 0 Å². The second kappa shape index (κ2) is 23.8. The minimum absolute atomic E-state index is 0.244. The van der Waals surface area contributed by atoms with Gasteiger partial charge in [0.1, 0.15) is 5.41 Å². The molecule has 2 aliphatic carbocycles. The summed E-state index contributed by atoms with van der Waals surface area (Å²) in [7, 11) is 6.39. The molecule has 0 unspecified atom stereocenters. The Kier molecular flexibility index (Phi) is 18.7. The van der Waals surface area contributed by atoms with Gasteiger partial charge in [0.15, 0.2) is 0 Å². The van der Waals surface area contributed by atoms with Gasteiger partial charge in [-0.15, -0.1) is 68.0 Å². The van der Waals surface area contributed by atoms with Crippen molar-refractivity contribution in [2.75, 3.05) is 108 Å². The van der Waals surface area contributed by atoms with E-state index in [2.05, 4.69) is 0 Å². The molecule has 8 nitrogen and oxygen atoms in total. The summed E-state index contributed by atoms with van der Waals surface area (Å²) in [6, 6.07) is 18.5. The Morgan fingerprint density at radius 3 is 0.974 bits per heavy atom. The van der Waals surface area contributed by atoms with E-state index in [0.717, 1.165) is 19.5 Å². The molecule has 0 aliphatic heterocycles. The molecule has 428 valence electrons. The maximum Gasteiger partial charge on any atom is 0.380 e. The van der Waals surface area contributed by atoms with E-state index >= 15 is 26.3 Å². The highest BCUT2D eigenvalue weighted by molar-refractivity contribution is 7.24. The molecule has 0 atom stereocenters. The fraction of sp³-hybridized carbons (Fsp3) is 0.552. The summed E-state index contributed by atoms with van der Waals surface area (Å²) in [6.07, 6.45) is 0. The second-order valence-corrected chi connectivity index (χ2v) is 28.7. The Balaban J connectivity index is 1.45. The smallest absolute Gasteiger partial charge is 0.380 e. The highest BCUT2D eigenvalue weighted by atomic mass is 32.1. The molecule has 0 bridgehead atoms. The van der Waals surface area contributed by atoms with Gasteiger partial charge in [0, 0.05) is 131 Å². The van der Waals surface area contributed by atoms with Gasteiger partial charge >= 0.3 is 17.8 Å². The number of rotatable bonds is 28. The van der Waals surface area contributed by atoms with Crippen molar-refractivity contribution in [1.29, 1.82) is 0 Å². The average molecular weight is 1200 g/mol. The van der Waals surface area contributed by atoms with Crippen molar-refractivity contribution in [2.24, 2.45) is 0 Å². The van der Waals surface area contributed by atoms with Crippen LogP contribution >= 0.6 is 68.0 Å². The van der Waals surface area contributed by atoms with E-state index in [1.54, 1.807) is 28.4 Å². The summed E-state index contributed by atoms with van der Waals surface area (Å²) >= 11 is 8.10. The molecule has 78 heavy (non-hydrogen) atoms. The zero-order chi connectivity index (χ0) is 56.7. The molecule has 6 heterocycles. The van der Waals surface area contributed by atoms with Crippen LogP contribution in [-0.4, -0.2) is 125 Å². The Morgan fingerprint density at radius 1 is 0.372 bits per heavy atom. The first kappa shape index (κ1) is 61.3. The molecular weight excluding hydrogens is 1130 g/mol. The lowest BCUT2D eigenvalue weighted by Gasteiger charge is -2.34. The Bertz CT molecular complexity index is 2830. The second-order valence-electron chi connectivity index (χ2n) is 22.3. The molecule has 8 rings (SSSR count). The third-order valence-corrected chi connectivity index (χ3v) is 23.2. The number of allylic oxidation sites excluding steroid dienone is 2. The lowest BCUT2D eigenvalue weighted by atomic mass is 9.77. The standard InChI is InChI=1S/C58H70F6O8S6/c1-51(2,31-69-25-21-65-9)41-15-13-37(73-41)39-29-35-47-48(57(61,62)58(63,64)56(47,59)60)36-30-40(38-14-16-42(74-38)52(3,4)32-70-26-22-66-10)76-50(36)55(49(35)75-39,45-19-17-43(77-45)53(5,6)33-71-27-23-67-11)46-20-18-44(78-46)54(7,8)34-72-28-24-68-12/h13-20,29-30H,21-28,31-34H2,1-12H3. The molecule has 0 aromatic carbocycles. The van der Waals surface area contributed by atoms with Crippen LogP contribution < -0.4 is 0 Å². The SMILES string of the molecule is COCCOCC(C)(C)c1ccc(-c2cc3c(s2)C(c2ccc(C(C)(C)COCCOC)s2)(c2ccc(C(C)(C)COCCOC)s2)c2sc(-c4ccc(C(C)(C)COCCOC)s4)cc2C2=C3C(F)(F)C(F)(F)C2(F)F)s1. The maximum absolute atomic E-state index is 17.4. The van der Waals surface area contributed by atoms with Crippen molar-refractivity contribution < 1.29 is 64.2 Å². The van der Waals surface area contributed by atoms with Gasteiger partial charge in [0.2, 0.25) is 0 Å². The summed E-state index contributed by atoms with van der Waals surface area (Å²) in [5, 5.41) is 0. The lowest BCUT2D eigenvalue weighted by Crippen LogP contribution is -2.49. The number of halogens is 6. The van der Waals surface area contributed by atoms with Gasteiger partial charge in [-0.3, -0.25) is 0 Å². The number of ether oxygens (including phenoxy) is 8. The highest BCUT2D eigenvalue weighted by Gasteiger charge is 2.81. The summed E-state index contributed by atoms with van der Waals surface area (Å²) in [5.41, 5.74) is -7.18. The van der Waals surface area contributed by atoms with E-state index in [0.29, 0.717) is 109 Å². The summed E-state index contributed by atoms with van der Waals surface area (Å²) < 4.78 is 148. The topological polar surface area (TPSA) is 73.8 Å². The molecule has 0 saturated carbocycles. The molecule has 0 N–H and O–H groups in total. The zero-order valence-electron chi connectivity index (χ0n) is 46.2. The van der Waals surface area contributed by atoms with Crippen LogP contribution in [0, 0.1) is 0 Å². The van der Waals surface area contributed by atoms with Gasteiger partial charge < -0.3 is 37.9 Å².